The molecule has 0 unspecified atom stereocenters. The molecular weight excluding hydrogens is 502 g/mol. The molecule has 0 aliphatic heterocycles. The lowest BCUT2D eigenvalue weighted by molar-refractivity contribution is 0.189. The number of imide groups is 1. The number of rotatable bonds is 5. The van der Waals surface area contributed by atoms with Gasteiger partial charge in [-0.05, 0) is 42.5 Å². The van der Waals surface area contributed by atoms with E-state index in [9.17, 15) is 14.4 Å². The highest BCUT2D eigenvalue weighted by molar-refractivity contribution is 6.10. The molecule has 39 heavy (non-hydrogen) atoms. The predicted molar refractivity (Wildman–Crippen MR) is 141 cm³/mol. The van der Waals surface area contributed by atoms with Crippen molar-refractivity contribution in [3.63, 3.8) is 0 Å². The van der Waals surface area contributed by atoms with Gasteiger partial charge >= 0.3 is 18.2 Å². The summed E-state index contributed by atoms with van der Waals surface area (Å²) < 4.78 is 18.1. The lowest BCUT2D eigenvalue weighted by Crippen LogP contribution is -2.41. The summed E-state index contributed by atoms with van der Waals surface area (Å²) in [6.07, 6.45) is 0.769. The van der Waals surface area contributed by atoms with E-state index in [1.54, 1.807) is 98.2 Å². The number of anilines is 1. The zero-order valence-electron chi connectivity index (χ0n) is 20.6. The molecule has 0 aliphatic rings. The molecular formula is C28H21N5O6. The van der Waals surface area contributed by atoms with Gasteiger partial charge in [0.15, 0.2) is 0 Å². The molecule has 5 rings (SSSR count). The molecule has 2 heterocycles. The Bertz CT molecular complexity index is 1640. The summed E-state index contributed by atoms with van der Waals surface area (Å²) in [4.78, 5) is 47.0. The molecule has 0 saturated carbocycles. The van der Waals surface area contributed by atoms with E-state index < -0.39 is 12.2 Å². The van der Waals surface area contributed by atoms with Crippen molar-refractivity contribution in [3.8, 4) is 23.3 Å². The second-order valence-electron chi connectivity index (χ2n) is 7.95. The Kier molecular flexibility index (Phi) is 7.13. The fourth-order valence-corrected chi connectivity index (χ4v) is 3.71. The number of hydrogen-bond donors (Lipinski definition) is 1. The molecule has 0 aliphatic carbocycles. The van der Waals surface area contributed by atoms with Crippen LogP contribution in [0.4, 0.5) is 20.1 Å². The summed E-state index contributed by atoms with van der Waals surface area (Å²) in [5.41, 5.74) is 0.865. The molecule has 1 N–H and O–H groups in total. The Morgan fingerprint density at radius 3 is 2.23 bits per heavy atom. The van der Waals surface area contributed by atoms with Crippen LogP contribution in [0.5, 0.6) is 23.3 Å². The minimum atomic E-state index is -1.04. The van der Waals surface area contributed by atoms with Crippen molar-refractivity contribution < 1.29 is 28.6 Å². The Hall–Kier alpha value is -5.71. The minimum Gasteiger partial charge on any atom is -0.438 e. The van der Waals surface area contributed by atoms with Crippen LogP contribution in [-0.4, -0.2) is 39.8 Å². The van der Waals surface area contributed by atoms with Gasteiger partial charge in [-0.15, -0.1) is 0 Å². The van der Waals surface area contributed by atoms with Gasteiger partial charge in [0.05, 0.1) is 17.3 Å². The number of para-hydroxylation sites is 2. The number of benzene rings is 3. The topological polar surface area (TPSA) is 125 Å². The van der Waals surface area contributed by atoms with Crippen LogP contribution in [0.25, 0.3) is 10.9 Å². The first-order chi connectivity index (χ1) is 19.0. The Morgan fingerprint density at radius 2 is 1.49 bits per heavy atom. The number of aromatic nitrogens is 3. The average molecular weight is 524 g/mol. The smallest absolute Gasteiger partial charge is 0.430 e. The number of ether oxygens (including phenoxy) is 3. The molecule has 3 amide bonds. The van der Waals surface area contributed by atoms with Gasteiger partial charge in [-0.2, -0.15) is 4.90 Å². The van der Waals surface area contributed by atoms with Crippen molar-refractivity contribution >= 4 is 34.8 Å². The second kappa shape index (κ2) is 11.1. The van der Waals surface area contributed by atoms with E-state index in [1.165, 1.54) is 10.6 Å². The summed E-state index contributed by atoms with van der Waals surface area (Å²) in [7, 11) is 1.54. The summed E-state index contributed by atoms with van der Waals surface area (Å²) >= 11 is 0. The third kappa shape index (κ3) is 5.52. The maximum absolute atomic E-state index is 13.1. The molecule has 194 valence electrons. The Balaban J connectivity index is 1.37. The highest BCUT2D eigenvalue weighted by Gasteiger charge is 2.28. The average Bonchev–Trinajstić information content (AvgIpc) is 3.39. The molecule has 0 bridgehead atoms. The van der Waals surface area contributed by atoms with Gasteiger partial charge in [-0.25, -0.2) is 24.4 Å². The van der Waals surface area contributed by atoms with Gasteiger partial charge < -0.3 is 19.5 Å². The lowest BCUT2D eigenvalue weighted by atomic mass is 10.2. The molecule has 11 nitrogen and oxygen atoms in total. The van der Waals surface area contributed by atoms with Crippen LogP contribution in [-0.2, 0) is 0 Å². The van der Waals surface area contributed by atoms with Crippen LogP contribution < -0.4 is 24.4 Å². The zero-order valence-corrected chi connectivity index (χ0v) is 20.6. The largest absolute Gasteiger partial charge is 0.438 e. The predicted octanol–water partition coefficient (Wildman–Crippen LogP) is 5.62. The van der Waals surface area contributed by atoms with Crippen LogP contribution in [0.1, 0.15) is 0 Å². The SMILES string of the molecule is CNC(=O)n1ccc2c(Oc3cc(OC(=O)N(C(=O)Oc4ccccc4)c4ccccc4)ncn3)cccc21. The maximum atomic E-state index is 13.1. The molecule has 0 radical (unpaired) electrons. The summed E-state index contributed by atoms with van der Waals surface area (Å²) in [6, 6.07) is 24.5. The van der Waals surface area contributed by atoms with E-state index >= 15 is 0 Å². The molecule has 0 saturated heterocycles. The fourth-order valence-electron chi connectivity index (χ4n) is 3.71. The van der Waals surface area contributed by atoms with E-state index in [2.05, 4.69) is 15.3 Å². The van der Waals surface area contributed by atoms with E-state index in [-0.39, 0.29) is 29.2 Å². The van der Waals surface area contributed by atoms with Crippen molar-refractivity contribution in [2.24, 2.45) is 0 Å². The third-order valence-corrected chi connectivity index (χ3v) is 5.48. The molecule has 0 atom stereocenters. The first-order valence-corrected chi connectivity index (χ1v) is 11.7. The number of fused-ring (bicyclic) bond motifs is 1. The highest BCUT2D eigenvalue weighted by Crippen LogP contribution is 2.31. The summed E-state index contributed by atoms with van der Waals surface area (Å²) in [5.74, 6) is 0.594. The number of hydrogen-bond acceptors (Lipinski definition) is 8. The van der Waals surface area contributed by atoms with Crippen molar-refractivity contribution in [3.05, 3.63) is 104 Å². The highest BCUT2D eigenvalue weighted by atomic mass is 16.6. The Labute approximate surface area is 222 Å². The number of amides is 3. The van der Waals surface area contributed by atoms with Crippen LogP contribution >= 0.6 is 0 Å². The van der Waals surface area contributed by atoms with Crippen LogP contribution in [0.15, 0.2) is 104 Å². The Morgan fingerprint density at radius 1 is 0.795 bits per heavy atom. The van der Waals surface area contributed by atoms with E-state index in [0.29, 0.717) is 16.7 Å². The number of nitrogens with one attached hydrogen (secondary N) is 1. The van der Waals surface area contributed by atoms with E-state index in [0.717, 1.165) is 11.2 Å². The second-order valence-corrected chi connectivity index (χ2v) is 7.95. The van der Waals surface area contributed by atoms with Crippen molar-refractivity contribution in [1.29, 1.82) is 0 Å². The van der Waals surface area contributed by atoms with Gasteiger partial charge in [0.1, 0.15) is 17.8 Å². The molecule has 0 spiro atoms. The van der Waals surface area contributed by atoms with Gasteiger partial charge in [0, 0.05) is 18.6 Å². The summed E-state index contributed by atoms with van der Waals surface area (Å²) in [6.45, 7) is 0. The fraction of sp³-hybridized carbons (Fsp3) is 0.0357. The first-order valence-electron chi connectivity index (χ1n) is 11.7. The van der Waals surface area contributed by atoms with Crippen LogP contribution in [0, 0.1) is 0 Å². The third-order valence-electron chi connectivity index (χ3n) is 5.48. The first kappa shape index (κ1) is 25.0. The van der Waals surface area contributed by atoms with Crippen LogP contribution in [0.3, 0.4) is 0 Å². The molecule has 3 aromatic carbocycles. The van der Waals surface area contributed by atoms with Gasteiger partial charge in [-0.1, -0.05) is 42.5 Å². The van der Waals surface area contributed by atoms with E-state index in [4.69, 9.17) is 14.2 Å². The molecule has 0 fully saturated rings. The number of carbonyl (C=O) groups excluding carboxylic acids is 3. The van der Waals surface area contributed by atoms with Gasteiger partial charge in [-0.3, -0.25) is 4.57 Å². The lowest BCUT2D eigenvalue weighted by Gasteiger charge is -2.19. The molecule has 11 heteroatoms. The molecule has 5 aromatic rings. The normalized spacial score (nSPS) is 10.5. The standard InChI is InChI=1S/C28H21N5O6/c1-29-26(34)32-16-15-21-22(32)13-8-14-23(21)38-24-17-25(31-18-30-24)39-28(36)33(19-9-4-2-5-10-19)27(35)37-20-11-6-3-7-12-20/h2-18H,1H3,(H,29,34). The minimum absolute atomic E-state index is 0.0751. The van der Waals surface area contributed by atoms with Crippen molar-refractivity contribution in [1.82, 2.24) is 19.9 Å². The maximum Gasteiger partial charge on any atom is 0.430 e. The zero-order chi connectivity index (χ0) is 27.2. The summed E-state index contributed by atoms with van der Waals surface area (Å²) in [5, 5.41) is 3.24. The van der Waals surface area contributed by atoms with Crippen LogP contribution in [0.2, 0.25) is 0 Å². The quantitative estimate of drug-likeness (QED) is 0.315. The number of carbonyl (C=O) groups is 3. The van der Waals surface area contributed by atoms with Crippen molar-refractivity contribution in [2.75, 3.05) is 11.9 Å². The van der Waals surface area contributed by atoms with E-state index in [1.807, 2.05) is 0 Å². The number of nitrogens with zero attached hydrogens (tertiary/aromatic N) is 4. The monoisotopic (exact) mass is 523 g/mol. The van der Waals surface area contributed by atoms with Crippen molar-refractivity contribution in [2.45, 2.75) is 0 Å². The van der Waals surface area contributed by atoms with Gasteiger partial charge in [0.25, 0.3) is 0 Å². The molecule has 2 aromatic heterocycles. The van der Waals surface area contributed by atoms with Gasteiger partial charge in [0.2, 0.25) is 11.8 Å².